The number of carbonyl (C=O) groups excluding carboxylic acids is 3. The molecular formula is C18H19NO5S. The number of benzene rings is 1. The predicted molar refractivity (Wildman–Crippen MR) is 94.1 cm³/mol. The van der Waals surface area contributed by atoms with Crippen molar-refractivity contribution in [3.63, 3.8) is 0 Å². The van der Waals surface area contributed by atoms with Gasteiger partial charge in [-0.15, -0.1) is 11.3 Å². The highest BCUT2D eigenvalue weighted by molar-refractivity contribution is 7.14. The number of esters is 1. The zero-order valence-corrected chi connectivity index (χ0v) is 14.9. The molecule has 0 unspecified atom stereocenters. The molecule has 0 radical (unpaired) electrons. The van der Waals surface area contributed by atoms with Crippen molar-refractivity contribution in [2.24, 2.45) is 0 Å². The second-order valence-electron chi connectivity index (χ2n) is 5.10. The fourth-order valence-corrected chi connectivity index (χ4v) is 2.90. The summed E-state index contributed by atoms with van der Waals surface area (Å²) in [7, 11) is 0. The fourth-order valence-electron chi connectivity index (χ4n) is 2.03. The Kier molecular flexibility index (Phi) is 6.71. The summed E-state index contributed by atoms with van der Waals surface area (Å²) in [6.45, 7) is 3.70. The van der Waals surface area contributed by atoms with E-state index in [2.05, 4.69) is 5.32 Å². The van der Waals surface area contributed by atoms with Crippen molar-refractivity contribution in [3.8, 4) is 5.75 Å². The highest BCUT2D eigenvalue weighted by Gasteiger charge is 2.17. The lowest BCUT2D eigenvalue weighted by atomic mass is 10.2. The number of ether oxygens (including phenoxy) is 2. The van der Waals surface area contributed by atoms with Crippen molar-refractivity contribution in [2.45, 2.75) is 20.4 Å². The molecule has 2 rings (SSSR count). The van der Waals surface area contributed by atoms with Gasteiger partial charge in [-0.25, -0.2) is 4.79 Å². The maximum atomic E-state index is 12.2. The van der Waals surface area contributed by atoms with E-state index in [1.807, 2.05) is 6.92 Å². The van der Waals surface area contributed by atoms with Gasteiger partial charge in [0.25, 0.3) is 0 Å². The Labute approximate surface area is 149 Å². The molecule has 0 atom stereocenters. The van der Waals surface area contributed by atoms with Gasteiger partial charge in [-0.1, -0.05) is 12.1 Å². The van der Waals surface area contributed by atoms with Crippen LogP contribution < -0.4 is 10.1 Å². The molecular weight excluding hydrogens is 342 g/mol. The Morgan fingerprint density at radius 2 is 1.88 bits per heavy atom. The maximum Gasteiger partial charge on any atom is 0.342 e. The van der Waals surface area contributed by atoms with E-state index in [4.69, 9.17) is 9.47 Å². The van der Waals surface area contributed by atoms with Gasteiger partial charge in [-0.3, -0.25) is 9.59 Å². The lowest BCUT2D eigenvalue weighted by molar-refractivity contribution is -0.119. The third-order valence-electron chi connectivity index (χ3n) is 3.19. The van der Waals surface area contributed by atoms with E-state index in [9.17, 15) is 14.4 Å². The van der Waals surface area contributed by atoms with E-state index in [0.717, 1.165) is 4.88 Å². The number of carbonyl (C=O) groups is 3. The summed E-state index contributed by atoms with van der Waals surface area (Å²) >= 11 is 1.26. The number of thiophene rings is 1. The fraction of sp³-hybridized carbons (Fsp3) is 0.278. The van der Waals surface area contributed by atoms with E-state index in [-0.39, 0.29) is 23.9 Å². The van der Waals surface area contributed by atoms with Crippen LogP contribution in [0, 0.1) is 0 Å². The smallest absolute Gasteiger partial charge is 0.342 e. The summed E-state index contributed by atoms with van der Waals surface area (Å²) in [6.07, 6.45) is 0. The Morgan fingerprint density at radius 3 is 2.60 bits per heavy atom. The molecule has 0 spiro atoms. The van der Waals surface area contributed by atoms with Gasteiger partial charge >= 0.3 is 5.97 Å². The van der Waals surface area contributed by atoms with Crippen LogP contribution in [0.4, 0.5) is 0 Å². The molecule has 25 heavy (non-hydrogen) atoms. The zero-order valence-electron chi connectivity index (χ0n) is 14.0. The van der Waals surface area contributed by atoms with Gasteiger partial charge in [-0.2, -0.15) is 0 Å². The summed E-state index contributed by atoms with van der Waals surface area (Å²) < 4.78 is 10.5. The molecule has 7 heteroatoms. The van der Waals surface area contributed by atoms with E-state index < -0.39 is 5.97 Å². The minimum absolute atomic E-state index is 0.136. The quantitative estimate of drug-likeness (QED) is 0.577. The van der Waals surface area contributed by atoms with E-state index in [1.54, 1.807) is 36.4 Å². The molecule has 0 aliphatic heterocycles. The molecule has 132 valence electrons. The molecule has 1 N–H and O–H groups in total. The third-order valence-corrected chi connectivity index (χ3v) is 4.32. The molecule has 0 saturated carbocycles. The Bertz CT molecular complexity index is 768. The van der Waals surface area contributed by atoms with Gasteiger partial charge in [0.05, 0.1) is 18.0 Å². The molecule has 1 aromatic heterocycles. The lowest BCUT2D eigenvalue weighted by Gasteiger charge is -2.09. The summed E-state index contributed by atoms with van der Waals surface area (Å²) in [4.78, 5) is 36.6. The van der Waals surface area contributed by atoms with Gasteiger partial charge in [-0.05, 0) is 31.2 Å². The molecule has 0 aliphatic rings. The van der Waals surface area contributed by atoms with Gasteiger partial charge in [0.15, 0.2) is 6.61 Å². The number of hydrogen-bond donors (Lipinski definition) is 1. The zero-order chi connectivity index (χ0) is 18.2. The van der Waals surface area contributed by atoms with E-state index in [0.29, 0.717) is 23.8 Å². The van der Waals surface area contributed by atoms with Crippen molar-refractivity contribution in [3.05, 3.63) is 51.7 Å². The SMILES string of the molecule is CCOc1ccccc1C(=O)OCC(=O)c1ccc(CNC(C)=O)s1. The van der Waals surface area contributed by atoms with Crippen LogP contribution in [0.25, 0.3) is 0 Å². The van der Waals surface area contributed by atoms with Crippen molar-refractivity contribution in [1.82, 2.24) is 5.32 Å². The lowest BCUT2D eigenvalue weighted by Crippen LogP contribution is -2.18. The van der Waals surface area contributed by atoms with Crippen LogP contribution in [0.5, 0.6) is 5.75 Å². The largest absolute Gasteiger partial charge is 0.493 e. The minimum Gasteiger partial charge on any atom is -0.493 e. The first-order valence-electron chi connectivity index (χ1n) is 7.76. The van der Waals surface area contributed by atoms with Gasteiger partial charge in [0.1, 0.15) is 11.3 Å². The summed E-state index contributed by atoms with van der Waals surface area (Å²) in [5, 5.41) is 2.66. The first-order valence-corrected chi connectivity index (χ1v) is 8.58. The van der Waals surface area contributed by atoms with Crippen LogP contribution in [0.3, 0.4) is 0 Å². The topological polar surface area (TPSA) is 81.7 Å². The number of amides is 1. The maximum absolute atomic E-state index is 12.2. The first kappa shape index (κ1) is 18.7. The Morgan fingerprint density at radius 1 is 1.12 bits per heavy atom. The van der Waals surface area contributed by atoms with Crippen LogP contribution >= 0.6 is 11.3 Å². The standard InChI is InChI=1S/C18H19NO5S/c1-3-23-16-7-5-4-6-14(16)18(22)24-11-15(21)17-9-8-13(25-17)10-19-12(2)20/h4-9H,3,10-11H2,1-2H3,(H,19,20). The highest BCUT2D eigenvalue weighted by Crippen LogP contribution is 2.20. The van der Waals surface area contributed by atoms with Crippen LogP contribution in [0.1, 0.15) is 38.8 Å². The molecule has 0 saturated heterocycles. The number of para-hydroxylation sites is 1. The molecule has 1 amide bonds. The van der Waals surface area contributed by atoms with Crippen molar-refractivity contribution in [2.75, 3.05) is 13.2 Å². The number of rotatable bonds is 8. The van der Waals surface area contributed by atoms with Gasteiger partial charge < -0.3 is 14.8 Å². The Balaban J connectivity index is 1.93. The molecule has 0 fully saturated rings. The van der Waals surface area contributed by atoms with Crippen LogP contribution in [0.2, 0.25) is 0 Å². The molecule has 2 aromatic rings. The first-order chi connectivity index (χ1) is 12.0. The Hall–Kier alpha value is -2.67. The highest BCUT2D eigenvalue weighted by atomic mass is 32.1. The van der Waals surface area contributed by atoms with E-state index in [1.165, 1.54) is 18.3 Å². The van der Waals surface area contributed by atoms with Crippen molar-refractivity contribution < 1.29 is 23.9 Å². The molecule has 6 nitrogen and oxygen atoms in total. The van der Waals surface area contributed by atoms with Gasteiger partial charge in [0, 0.05) is 11.8 Å². The second-order valence-corrected chi connectivity index (χ2v) is 6.27. The van der Waals surface area contributed by atoms with Gasteiger partial charge in [0.2, 0.25) is 11.7 Å². The number of Topliss-reactive ketones (excluding diaryl/α,β-unsaturated/α-hetero) is 1. The van der Waals surface area contributed by atoms with Crippen LogP contribution in [-0.4, -0.2) is 30.9 Å². The van der Waals surface area contributed by atoms with Crippen LogP contribution in [-0.2, 0) is 16.1 Å². The average molecular weight is 361 g/mol. The molecule has 1 aromatic carbocycles. The number of nitrogens with one attached hydrogen (secondary N) is 1. The molecule has 0 aliphatic carbocycles. The predicted octanol–water partition coefficient (Wildman–Crippen LogP) is 2.82. The summed E-state index contributed by atoms with van der Waals surface area (Å²) in [6, 6.07) is 10.2. The summed E-state index contributed by atoms with van der Waals surface area (Å²) in [5.41, 5.74) is 0.287. The second kappa shape index (κ2) is 8.98. The molecule has 0 bridgehead atoms. The van der Waals surface area contributed by atoms with Crippen LogP contribution in [0.15, 0.2) is 36.4 Å². The third kappa shape index (κ3) is 5.42. The average Bonchev–Trinajstić information content (AvgIpc) is 3.07. The monoisotopic (exact) mass is 361 g/mol. The minimum atomic E-state index is -0.604. The normalized spacial score (nSPS) is 10.2. The number of ketones is 1. The molecule has 1 heterocycles. The summed E-state index contributed by atoms with van der Waals surface area (Å²) in [5.74, 6) is -0.604. The van der Waals surface area contributed by atoms with Crippen molar-refractivity contribution in [1.29, 1.82) is 0 Å². The van der Waals surface area contributed by atoms with Crippen molar-refractivity contribution >= 4 is 29.0 Å². The number of hydrogen-bond acceptors (Lipinski definition) is 6. The van der Waals surface area contributed by atoms with E-state index >= 15 is 0 Å².